The van der Waals surface area contributed by atoms with Crippen molar-refractivity contribution in [3.8, 4) is 0 Å². The summed E-state index contributed by atoms with van der Waals surface area (Å²) in [6.45, 7) is 9.53. The van der Waals surface area contributed by atoms with Crippen molar-refractivity contribution >= 4 is 34.8 Å². The summed E-state index contributed by atoms with van der Waals surface area (Å²) < 4.78 is 0. The summed E-state index contributed by atoms with van der Waals surface area (Å²) in [6.07, 6.45) is 3.29. The molecule has 1 aromatic heterocycles. The Balaban J connectivity index is 2.88. The SMILES string of the molecule is CCCNc1nc(NC(C)C(CC)CC)c(Cl)cc1Cl. The number of hydrogen-bond acceptors (Lipinski definition) is 3. The highest BCUT2D eigenvalue weighted by molar-refractivity contribution is 6.37. The number of aromatic nitrogens is 1. The Kier molecular flexibility index (Phi) is 7.46. The van der Waals surface area contributed by atoms with Gasteiger partial charge < -0.3 is 10.6 Å². The van der Waals surface area contributed by atoms with E-state index in [-0.39, 0.29) is 0 Å². The van der Waals surface area contributed by atoms with Crippen LogP contribution in [0.4, 0.5) is 11.6 Å². The van der Waals surface area contributed by atoms with Crippen LogP contribution in [0.3, 0.4) is 0 Å². The Labute approximate surface area is 132 Å². The van der Waals surface area contributed by atoms with Crippen LogP contribution in [0.1, 0.15) is 47.0 Å². The van der Waals surface area contributed by atoms with Crippen LogP contribution in [-0.4, -0.2) is 17.6 Å². The second kappa shape index (κ2) is 8.58. The molecule has 0 radical (unpaired) electrons. The molecule has 5 heteroatoms. The number of nitrogens with zero attached hydrogens (tertiary/aromatic N) is 1. The van der Waals surface area contributed by atoms with Gasteiger partial charge in [-0.05, 0) is 25.3 Å². The first kappa shape index (κ1) is 17.4. The van der Waals surface area contributed by atoms with Gasteiger partial charge in [-0.2, -0.15) is 0 Å². The molecular formula is C15H25Cl2N3. The van der Waals surface area contributed by atoms with Crippen LogP contribution in [0.25, 0.3) is 0 Å². The third-order valence-electron chi connectivity index (χ3n) is 3.59. The maximum atomic E-state index is 6.23. The predicted octanol–water partition coefficient (Wildman–Crippen LogP) is 5.45. The van der Waals surface area contributed by atoms with Gasteiger partial charge in [-0.25, -0.2) is 4.98 Å². The number of rotatable bonds is 8. The van der Waals surface area contributed by atoms with Gasteiger partial charge in [-0.1, -0.05) is 56.8 Å². The fourth-order valence-electron chi connectivity index (χ4n) is 2.26. The summed E-state index contributed by atoms with van der Waals surface area (Å²) >= 11 is 12.4. The molecule has 1 aromatic rings. The zero-order chi connectivity index (χ0) is 15.1. The fourth-order valence-corrected chi connectivity index (χ4v) is 2.74. The van der Waals surface area contributed by atoms with Crippen molar-refractivity contribution in [3.63, 3.8) is 0 Å². The Morgan fingerprint density at radius 3 is 2.25 bits per heavy atom. The van der Waals surface area contributed by atoms with E-state index in [2.05, 4.69) is 43.3 Å². The Bertz CT molecular complexity index is 420. The molecule has 0 amide bonds. The lowest BCUT2D eigenvalue weighted by Gasteiger charge is -2.24. The van der Waals surface area contributed by atoms with Crippen molar-refractivity contribution < 1.29 is 0 Å². The largest absolute Gasteiger partial charge is 0.369 e. The van der Waals surface area contributed by atoms with E-state index in [0.29, 0.717) is 33.6 Å². The maximum Gasteiger partial charge on any atom is 0.147 e. The number of anilines is 2. The van der Waals surface area contributed by atoms with E-state index in [1.165, 1.54) is 0 Å². The smallest absolute Gasteiger partial charge is 0.147 e. The van der Waals surface area contributed by atoms with Gasteiger partial charge in [0, 0.05) is 12.6 Å². The van der Waals surface area contributed by atoms with E-state index in [4.69, 9.17) is 23.2 Å². The van der Waals surface area contributed by atoms with E-state index in [1.807, 2.05) is 0 Å². The molecule has 0 bridgehead atoms. The molecule has 0 spiro atoms. The molecule has 1 unspecified atom stereocenters. The van der Waals surface area contributed by atoms with Gasteiger partial charge in [0.15, 0.2) is 0 Å². The van der Waals surface area contributed by atoms with Gasteiger partial charge in [0.05, 0.1) is 10.0 Å². The number of pyridine rings is 1. The first-order valence-corrected chi connectivity index (χ1v) is 8.15. The topological polar surface area (TPSA) is 37.0 Å². The highest BCUT2D eigenvalue weighted by atomic mass is 35.5. The molecule has 0 aliphatic carbocycles. The van der Waals surface area contributed by atoms with Crippen LogP contribution >= 0.6 is 23.2 Å². The lowest BCUT2D eigenvalue weighted by molar-refractivity contribution is 0.437. The third kappa shape index (κ3) is 4.71. The minimum Gasteiger partial charge on any atom is -0.369 e. The van der Waals surface area contributed by atoms with Gasteiger partial charge in [-0.15, -0.1) is 0 Å². The summed E-state index contributed by atoms with van der Waals surface area (Å²) in [4.78, 5) is 4.51. The molecule has 0 aliphatic heterocycles. The summed E-state index contributed by atoms with van der Waals surface area (Å²) in [6, 6.07) is 2.07. The second-order valence-electron chi connectivity index (χ2n) is 5.09. The normalized spacial score (nSPS) is 12.6. The van der Waals surface area contributed by atoms with Crippen molar-refractivity contribution in [1.82, 2.24) is 4.98 Å². The minimum atomic E-state index is 0.329. The summed E-state index contributed by atoms with van der Waals surface area (Å²) in [5, 5.41) is 7.76. The van der Waals surface area contributed by atoms with Crippen LogP contribution < -0.4 is 10.6 Å². The van der Waals surface area contributed by atoms with E-state index in [0.717, 1.165) is 25.8 Å². The Morgan fingerprint density at radius 2 is 1.70 bits per heavy atom. The van der Waals surface area contributed by atoms with Crippen molar-refractivity contribution in [1.29, 1.82) is 0 Å². The highest BCUT2D eigenvalue weighted by Gasteiger charge is 2.16. The van der Waals surface area contributed by atoms with Gasteiger partial charge in [-0.3, -0.25) is 0 Å². The minimum absolute atomic E-state index is 0.329. The molecule has 0 fully saturated rings. The van der Waals surface area contributed by atoms with Crippen LogP contribution in [0, 0.1) is 5.92 Å². The zero-order valence-corrected chi connectivity index (χ0v) is 14.3. The zero-order valence-electron chi connectivity index (χ0n) is 12.8. The van der Waals surface area contributed by atoms with E-state index < -0.39 is 0 Å². The molecule has 114 valence electrons. The van der Waals surface area contributed by atoms with Gasteiger partial charge in [0.2, 0.25) is 0 Å². The summed E-state index contributed by atoms with van der Waals surface area (Å²) in [5.74, 6) is 2.00. The predicted molar refractivity (Wildman–Crippen MR) is 90.2 cm³/mol. The van der Waals surface area contributed by atoms with Crippen LogP contribution in [0.2, 0.25) is 10.0 Å². The van der Waals surface area contributed by atoms with Crippen LogP contribution in [0.15, 0.2) is 6.07 Å². The van der Waals surface area contributed by atoms with Gasteiger partial charge >= 0.3 is 0 Å². The average molecular weight is 318 g/mol. The van der Waals surface area contributed by atoms with Crippen molar-refractivity contribution in [2.45, 2.75) is 53.0 Å². The van der Waals surface area contributed by atoms with E-state index in [1.54, 1.807) is 6.07 Å². The van der Waals surface area contributed by atoms with E-state index >= 15 is 0 Å². The van der Waals surface area contributed by atoms with Gasteiger partial charge in [0.1, 0.15) is 11.6 Å². The molecule has 20 heavy (non-hydrogen) atoms. The third-order valence-corrected chi connectivity index (χ3v) is 4.17. The lowest BCUT2D eigenvalue weighted by atomic mass is 9.95. The monoisotopic (exact) mass is 317 g/mol. The summed E-state index contributed by atoms with van der Waals surface area (Å²) in [5.41, 5.74) is 0. The molecule has 1 heterocycles. The number of hydrogen-bond donors (Lipinski definition) is 2. The van der Waals surface area contributed by atoms with Crippen LogP contribution in [0.5, 0.6) is 0 Å². The van der Waals surface area contributed by atoms with E-state index in [9.17, 15) is 0 Å². The van der Waals surface area contributed by atoms with Crippen molar-refractivity contribution in [2.24, 2.45) is 5.92 Å². The molecule has 0 aromatic carbocycles. The second-order valence-corrected chi connectivity index (χ2v) is 5.90. The maximum absolute atomic E-state index is 6.23. The van der Waals surface area contributed by atoms with Gasteiger partial charge in [0.25, 0.3) is 0 Å². The molecule has 0 saturated heterocycles. The first-order chi connectivity index (χ1) is 9.53. The molecule has 0 aliphatic rings. The lowest BCUT2D eigenvalue weighted by Crippen LogP contribution is -2.25. The first-order valence-electron chi connectivity index (χ1n) is 7.39. The number of nitrogens with one attached hydrogen (secondary N) is 2. The number of halogens is 2. The van der Waals surface area contributed by atoms with Crippen molar-refractivity contribution in [2.75, 3.05) is 17.2 Å². The summed E-state index contributed by atoms with van der Waals surface area (Å²) in [7, 11) is 0. The highest BCUT2D eigenvalue weighted by Crippen LogP contribution is 2.30. The Morgan fingerprint density at radius 1 is 1.10 bits per heavy atom. The van der Waals surface area contributed by atoms with Crippen LogP contribution in [-0.2, 0) is 0 Å². The van der Waals surface area contributed by atoms with Crippen molar-refractivity contribution in [3.05, 3.63) is 16.1 Å². The quantitative estimate of drug-likeness (QED) is 0.669. The molecule has 1 rings (SSSR count). The molecule has 1 atom stereocenters. The standard InChI is InChI=1S/C15H25Cl2N3/c1-5-8-18-14-12(16)9-13(17)15(20-14)19-10(4)11(6-2)7-3/h9-11H,5-8H2,1-4H3,(H2,18,19,20). The molecule has 3 nitrogen and oxygen atoms in total. The average Bonchev–Trinajstić information content (AvgIpc) is 2.42. The molecular weight excluding hydrogens is 293 g/mol. The molecule has 2 N–H and O–H groups in total. The Hall–Kier alpha value is -0.670. The fraction of sp³-hybridized carbons (Fsp3) is 0.667. The molecule has 0 saturated carbocycles.